The molecule has 4 nitrogen and oxygen atoms in total. The van der Waals surface area contributed by atoms with Crippen molar-refractivity contribution in [2.75, 3.05) is 14.1 Å². The molecule has 0 unspecified atom stereocenters. The molecule has 0 amide bonds. The number of benzene rings is 1. The van der Waals surface area contributed by atoms with Gasteiger partial charge >= 0.3 is 0 Å². The van der Waals surface area contributed by atoms with Crippen LogP contribution in [0.4, 0.5) is 0 Å². The molecule has 1 heterocycles. The number of aromatic nitrogens is 2. The van der Waals surface area contributed by atoms with Crippen molar-refractivity contribution in [2.45, 2.75) is 6.92 Å². The molecule has 0 spiro atoms. The summed E-state index contributed by atoms with van der Waals surface area (Å²) in [6.45, 7) is 1.78. The van der Waals surface area contributed by atoms with Crippen molar-refractivity contribution in [3.63, 3.8) is 0 Å². The van der Waals surface area contributed by atoms with Crippen LogP contribution < -0.4 is 5.32 Å². The first-order chi connectivity index (χ1) is 7.27. The highest BCUT2D eigenvalue weighted by Crippen LogP contribution is 2.13. The largest absolute Gasteiger partial charge is 0.339 e. The molecule has 1 N–H and O–H groups in total. The van der Waals surface area contributed by atoms with E-state index in [1.165, 1.54) is 0 Å². The Balaban J connectivity index is 0.000000337. The van der Waals surface area contributed by atoms with Crippen molar-refractivity contribution in [1.82, 2.24) is 15.5 Å². The van der Waals surface area contributed by atoms with E-state index in [2.05, 4.69) is 15.5 Å². The van der Waals surface area contributed by atoms with Crippen molar-refractivity contribution in [2.24, 2.45) is 0 Å². The van der Waals surface area contributed by atoms with Gasteiger partial charge in [-0.1, -0.05) is 35.5 Å². The lowest BCUT2D eigenvalue weighted by Crippen LogP contribution is -1.89. The molecule has 0 saturated carbocycles. The summed E-state index contributed by atoms with van der Waals surface area (Å²) in [6, 6.07) is 9.74. The minimum absolute atomic E-state index is 0.592. The third kappa shape index (κ3) is 3.52. The number of nitrogens with one attached hydrogen (secondary N) is 1. The molecule has 1 aromatic heterocycles. The highest BCUT2D eigenvalue weighted by molar-refractivity contribution is 5.53. The molecule has 0 bridgehead atoms. The number of rotatable bonds is 1. The van der Waals surface area contributed by atoms with Crippen LogP contribution in [0.15, 0.2) is 34.9 Å². The second kappa shape index (κ2) is 5.93. The Labute approximate surface area is 89.3 Å². The van der Waals surface area contributed by atoms with E-state index in [4.69, 9.17) is 4.52 Å². The number of aryl methyl sites for hydroxylation is 1. The molecule has 2 aromatic rings. The van der Waals surface area contributed by atoms with E-state index in [0.717, 1.165) is 5.56 Å². The predicted octanol–water partition coefficient (Wildman–Crippen LogP) is 1.88. The zero-order chi connectivity index (χ0) is 11.1. The van der Waals surface area contributed by atoms with Gasteiger partial charge in [0.2, 0.25) is 11.7 Å². The topological polar surface area (TPSA) is 51.0 Å². The van der Waals surface area contributed by atoms with Crippen LogP contribution in [0.1, 0.15) is 5.89 Å². The normalized spacial score (nSPS) is 9.27. The summed E-state index contributed by atoms with van der Waals surface area (Å²) in [5.41, 5.74) is 0.981. The maximum Gasteiger partial charge on any atom is 0.223 e. The molecule has 0 aliphatic rings. The summed E-state index contributed by atoms with van der Waals surface area (Å²) in [6.07, 6.45) is 0. The summed E-state index contributed by atoms with van der Waals surface area (Å²) < 4.78 is 4.86. The van der Waals surface area contributed by atoms with Gasteiger partial charge in [-0.15, -0.1) is 0 Å². The fourth-order valence-electron chi connectivity index (χ4n) is 1.00. The minimum Gasteiger partial charge on any atom is -0.339 e. The van der Waals surface area contributed by atoms with Gasteiger partial charge in [-0.3, -0.25) is 0 Å². The molecule has 0 fully saturated rings. The summed E-state index contributed by atoms with van der Waals surface area (Å²) in [5, 5.41) is 6.55. The maximum absolute atomic E-state index is 4.86. The third-order valence-electron chi connectivity index (χ3n) is 1.56. The van der Waals surface area contributed by atoms with Crippen LogP contribution in [0, 0.1) is 6.92 Å². The van der Waals surface area contributed by atoms with Gasteiger partial charge in [0.05, 0.1) is 0 Å². The van der Waals surface area contributed by atoms with Crippen LogP contribution in [0.25, 0.3) is 11.4 Å². The van der Waals surface area contributed by atoms with Crippen molar-refractivity contribution >= 4 is 0 Å². The second-order valence-electron chi connectivity index (χ2n) is 3.00. The fraction of sp³-hybridized carbons (Fsp3) is 0.273. The Bertz CT molecular complexity index is 384. The van der Waals surface area contributed by atoms with Crippen LogP contribution in [-0.2, 0) is 0 Å². The average Bonchev–Trinajstić information content (AvgIpc) is 2.67. The number of hydrogen-bond donors (Lipinski definition) is 1. The molecule has 2 rings (SSSR count). The van der Waals surface area contributed by atoms with Crippen LogP contribution >= 0.6 is 0 Å². The molecular formula is C11H15N3O. The van der Waals surface area contributed by atoms with Crippen LogP contribution in [0.5, 0.6) is 0 Å². The molecule has 0 atom stereocenters. The van der Waals surface area contributed by atoms with Crippen molar-refractivity contribution in [1.29, 1.82) is 0 Å². The van der Waals surface area contributed by atoms with Gasteiger partial charge < -0.3 is 9.84 Å². The molecule has 0 radical (unpaired) electrons. The van der Waals surface area contributed by atoms with Crippen LogP contribution in [-0.4, -0.2) is 24.2 Å². The SMILES string of the molecule is CNC.Cc1nc(-c2ccccc2)no1. The molecule has 1 aromatic carbocycles. The lowest BCUT2D eigenvalue weighted by Gasteiger charge is -1.89. The highest BCUT2D eigenvalue weighted by atomic mass is 16.5. The van der Waals surface area contributed by atoms with Gasteiger partial charge in [-0.25, -0.2) is 0 Å². The summed E-state index contributed by atoms with van der Waals surface area (Å²) in [5.74, 6) is 1.24. The first-order valence-corrected chi connectivity index (χ1v) is 4.72. The number of hydrogen-bond acceptors (Lipinski definition) is 4. The lowest BCUT2D eigenvalue weighted by atomic mass is 10.2. The molecule has 0 saturated heterocycles. The van der Waals surface area contributed by atoms with Gasteiger partial charge in [0.15, 0.2) is 0 Å². The van der Waals surface area contributed by atoms with E-state index in [-0.39, 0.29) is 0 Å². The lowest BCUT2D eigenvalue weighted by molar-refractivity contribution is 0.394. The first kappa shape index (κ1) is 11.4. The quantitative estimate of drug-likeness (QED) is 0.772. The second-order valence-corrected chi connectivity index (χ2v) is 3.00. The first-order valence-electron chi connectivity index (χ1n) is 4.72. The molecule has 4 heteroatoms. The predicted molar refractivity (Wildman–Crippen MR) is 59.5 cm³/mol. The molecule has 0 aliphatic heterocycles. The zero-order valence-electron chi connectivity index (χ0n) is 9.19. The van der Waals surface area contributed by atoms with Crippen molar-refractivity contribution in [3.05, 3.63) is 36.2 Å². The monoisotopic (exact) mass is 205 g/mol. The highest BCUT2D eigenvalue weighted by Gasteiger charge is 2.02. The fourth-order valence-corrected chi connectivity index (χ4v) is 1.00. The Hall–Kier alpha value is -1.68. The Morgan fingerprint density at radius 1 is 1.13 bits per heavy atom. The molecular weight excluding hydrogens is 190 g/mol. The van der Waals surface area contributed by atoms with E-state index in [1.54, 1.807) is 6.92 Å². The zero-order valence-corrected chi connectivity index (χ0v) is 9.19. The summed E-state index contributed by atoms with van der Waals surface area (Å²) in [4.78, 5) is 4.10. The van der Waals surface area contributed by atoms with Crippen LogP contribution in [0.3, 0.4) is 0 Å². The molecule has 80 valence electrons. The number of nitrogens with zero attached hydrogens (tertiary/aromatic N) is 2. The van der Waals surface area contributed by atoms with Gasteiger partial charge in [0, 0.05) is 12.5 Å². The van der Waals surface area contributed by atoms with Gasteiger partial charge in [0.25, 0.3) is 0 Å². The van der Waals surface area contributed by atoms with Gasteiger partial charge in [0.1, 0.15) is 0 Å². The molecule has 0 aliphatic carbocycles. The van der Waals surface area contributed by atoms with E-state index in [1.807, 2.05) is 44.4 Å². The Morgan fingerprint density at radius 3 is 2.20 bits per heavy atom. The van der Waals surface area contributed by atoms with E-state index in [9.17, 15) is 0 Å². The van der Waals surface area contributed by atoms with Crippen LogP contribution in [0.2, 0.25) is 0 Å². The summed E-state index contributed by atoms with van der Waals surface area (Å²) in [7, 11) is 3.75. The molecule has 15 heavy (non-hydrogen) atoms. The summed E-state index contributed by atoms with van der Waals surface area (Å²) >= 11 is 0. The standard InChI is InChI=1S/C9H8N2O.C2H7N/c1-7-10-9(11-12-7)8-5-3-2-4-6-8;1-3-2/h2-6H,1H3;3H,1-2H3. The Kier molecular flexibility index (Phi) is 4.50. The maximum atomic E-state index is 4.86. The van der Waals surface area contributed by atoms with Crippen molar-refractivity contribution in [3.8, 4) is 11.4 Å². The van der Waals surface area contributed by atoms with E-state index < -0.39 is 0 Å². The third-order valence-corrected chi connectivity index (χ3v) is 1.56. The smallest absolute Gasteiger partial charge is 0.223 e. The Morgan fingerprint density at radius 2 is 1.73 bits per heavy atom. The van der Waals surface area contributed by atoms with Gasteiger partial charge in [-0.2, -0.15) is 4.98 Å². The van der Waals surface area contributed by atoms with E-state index in [0.29, 0.717) is 11.7 Å². The van der Waals surface area contributed by atoms with E-state index >= 15 is 0 Å². The minimum atomic E-state index is 0.592. The van der Waals surface area contributed by atoms with Crippen molar-refractivity contribution < 1.29 is 4.52 Å². The average molecular weight is 205 g/mol. The van der Waals surface area contributed by atoms with Gasteiger partial charge in [-0.05, 0) is 14.1 Å².